The van der Waals surface area contributed by atoms with Gasteiger partial charge in [-0.15, -0.1) is 10.9 Å². The van der Waals surface area contributed by atoms with Crippen LogP contribution in [0.1, 0.15) is 34.1 Å². The first kappa shape index (κ1) is 22.7. The van der Waals surface area contributed by atoms with E-state index < -0.39 is 41.2 Å². The van der Waals surface area contributed by atoms with Gasteiger partial charge in [-0.3, -0.25) is 9.59 Å². The molecule has 0 fully saturated rings. The highest BCUT2D eigenvalue weighted by atomic mass is 16.4. The van der Waals surface area contributed by atoms with Crippen LogP contribution in [0, 0.1) is 17.3 Å². The van der Waals surface area contributed by atoms with Gasteiger partial charge in [0.25, 0.3) is 0 Å². The van der Waals surface area contributed by atoms with Crippen molar-refractivity contribution < 1.29 is 24.9 Å². The minimum absolute atomic E-state index is 0.426. The Labute approximate surface area is 146 Å². The van der Waals surface area contributed by atoms with Crippen LogP contribution in [0.4, 0.5) is 0 Å². The van der Waals surface area contributed by atoms with E-state index in [0.717, 1.165) is 10.9 Å². The standard InChI is InChI=1S/C16H31B2NO5/c1-15(2,16(3,4)24)13(18)12(17)10(8-19(5)6)9(14(22)23)7-11(20)21/h9-10,24H,7-8,17-18H2,1-6H3,(H,20,21)(H,22,23)/b13-12+. The number of rotatable bonds is 9. The summed E-state index contributed by atoms with van der Waals surface area (Å²) in [5.41, 5.74) is 0.142. The molecule has 0 aliphatic heterocycles. The minimum Gasteiger partial charge on any atom is -0.481 e. The van der Waals surface area contributed by atoms with Crippen LogP contribution in [0.25, 0.3) is 0 Å². The fourth-order valence-electron chi connectivity index (χ4n) is 2.78. The van der Waals surface area contributed by atoms with E-state index in [0.29, 0.717) is 6.54 Å². The van der Waals surface area contributed by atoms with E-state index in [9.17, 15) is 19.8 Å². The van der Waals surface area contributed by atoms with Crippen molar-refractivity contribution in [2.45, 2.75) is 39.7 Å². The van der Waals surface area contributed by atoms with Gasteiger partial charge in [-0.2, -0.15) is 0 Å². The molecule has 0 spiro atoms. The number of carboxylic acids is 2. The Kier molecular flexibility index (Phi) is 7.77. The summed E-state index contributed by atoms with van der Waals surface area (Å²) < 4.78 is 0. The topological polar surface area (TPSA) is 98.1 Å². The molecule has 0 aliphatic rings. The predicted molar refractivity (Wildman–Crippen MR) is 99.6 cm³/mol. The molecule has 0 aromatic heterocycles. The van der Waals surface area contributed by atoms with E-state index in [1.54, 1.807) is 13.8 Å². The summed E-state index contributed by atoms with van der Waals surface area (Å²) in [6, 6.07) is 0. The third-order valence-electron chi connectivity index (χ3n) is 5.37. The summed E-state index contributed by atoms with van der Waals surface area (Å²) in [4.78, 5) is 24.7. The van der Waals surface area contributed by atoms with Crippen LogP contribution in [0.15, 0.2) is 10.9 Å². The summed E-state index contributed by atoms with van der Waals surface area (Å²) in [6.07, 6.45) is -0.429. The second kappa shape index (κ2) is 8.21. The number of hydrogen-bond acceptors (Lipinski definition) is 4. The first-order chi connectivity index (χ1) is 10.6. The Morgan fingerprint density at radius 2 is 1.50 bits per heavy atom. The molecule has 3 N–H and O–H groups in total. The monoisotopic (exact) mass is 339 g/mol. The van der Waals surface area contributed by atoms with Gasteiger partial charge in [0.15, 0.2) is 0 Å². The third-order valence-corrected chi connectivity index (χ3v) is 5.37. The molecule has 0 aliphatic carbocycles. The Balaban J connectivity index is 6.10. The molecule has 0 aromatic carbocycles. The van der Waals surface area contributed by atoms with Gasteiger partial charge in [0.2, 0.25) is 0 Å². The second-order valence-electron chi connectivity index (χ2n) is 7.90. The highest BCUT2D eigenvalue weighted by Crippen LogP contribution is 2.39. The van der Waals surface area contributed by atoms with Crippen molar-refractivity contribution in [3.8, 4) is 0 Å². The highest BCUT2D eigenvalue weighted by Gasteiger charge is 2.39. The average molecular weight is 339 g/mol. The average Bonchev–Trinajstić information content (AvgIpc) is 2.38. The van der Waals surface area contributed by atoms with Crippen molar-refractivity contribution in [2.24, 2.45) is 17.3 Å². The smallest absolute Gasteiger partial charge is 0.307 e. The number of carbonyl (C=O) groups is 2. The molecular weight excluding hydrogens is 308 g/mol. The lowest BCUT2D eigenvalue weighted by molar-refractivity contribution is -0.149. The zero-order valence-electron chi connectivity index (χ0n) is 16.2. The summed E-state index contributed by atoms with van der Waals surface area (Å²) >= 11 is 0. The van der Waals surface area contributed by atoms with Crippen molar-refractivity contribution in [3.63, 3.8) is 0 Å². The summed E-state index contributed by atoms with van der Waals surface area (Å²) in [6.45, 7) is 7.68. The van der Waals surface area contributed by atoms with Crippen molar-refractivity contribution >= 4 is 27.6 Å². The van der Waals surface area contributed by atoms with Crippen LogP contribution in [0.3, 0.4) is 0 Å². The largest absolute Gasteiger partial charge is 0.481 e. The van der Waals surface area contributed by atoms with Crippen LogP contribution in [-0.2, 0) is 9.59 Å². The van der Waals surface area contributed by atoms with Gasteiger partial charge >= 0.3 is 11.9 Å². The van der Waals surface area contributed by atoms with Crippen LogP contribution in [0.5, 0.6) is 0 Å². The molecule has 0 amide bonds. The van der Waals surface area contributed by atoms with Crippen molar-refractivity contribution in [1.29, 1.82) is 0 Å². The molecule has 24 heavy (non-hydrogen) atoms. The van der Waals surface area contributed by atoms with Crippen molar-refractivity contribution in [2.75, 3.05) is 20.6 Å². The molecule has 0 saturated carbocycles. The van der Waals surface area contributed by atoms with Crippen molar-refractivity contribution in [3.05, 3.63) is 10.9 Å². The van der Waals surface area contributed by atoms with E-state index in [2.05, 4.69) is 0 Å². The number of nitrogens with zero attached hydrogens (tertiary/aromatic N) is 1. The molecule has 0 saturated heterocycles. The van der Waals surface area contributed by atoms with Gasteiger partial charge in [0.1, 0.15) is 15.7 Å². The number of aliphatic carboxylic acids is 2. The molecular formula is C16H31B2NO5. The van der Waals surface area contributed by atoms with Crippen molar-refractivity contribution in [1.82, 2.24) is 4.90 Å². The minimum atomic E-state index is -1.13. The maximum absolute atomic E-state index is 11.7. The van der Waals surface area contributed by atoms with Crippen LogP contribution >= 0.6 is 0 Å². The van der Waals surface area contributed by atoms with Crippen LogP contribution in [0.2, 0.25) is 0 Å². The van der Waals surface area contributed by atoms with E-state index in [1.807, 2.05) is 48.5 Å². The number of aliphatic hydroxyl groups is 1. The second-order valence-corrected chi connectivity index (χ2v) is 7.90. The van der Waals surface area contributed by atoms with Gasteiger partial charge in [0, 0.05) is 12.0 Å². The van der Waals surface area contributed by atoms with Gasteiger partial charge in [-0.1, -0.05) is 13.8 Å². The van der Waals surface area contributed by atoms with E-state index >= 15 is 0 Å². The first-order valence-corrected chi connectivity index (χ1v) is 8.12. The summed E-state index contributed by atoms with van der Waals surface area (Å²) in [7, 11) is 7.39. The summed E-state index contributed by atoms with van der Waals surface area (Å²) in [5.74, 6) is -3.71. The predicted octanol–water partition coefficient (Wildman–Crippen LogP) is -0.385. The maximum atomic E-state index is 11.7. The quantitative estimate of drug-likeness (QED) is 0.495. The molecule has 0 heterocycles. The first-order valence-electron chi connectivity index (χ1n) is 8.12. The van der Waals surface area contributed by atoms with Gasteiger partial charge < -0.3 is 20.2 Å². The van der Waals surface area contributed by atoms with E-state index in [-0.39, 0.29) is 0 Å². The molecule has 0 rings (SSSR count). The normalized spacial score (nSPS) is 16.5. The fraction of sp³-hybridized carbons (Fsp3) is 0.750. The molecule has 8 heteroatoms. The molecule has 2 unspecified atom stereocenters. The highest BCUT2D eigenvalue weighted by molar-refractivity contribution is 6.32. The molecule has 0 radical (unpaired) electrons. The zero-order valence-corrected chi connectivity index (χ0v) is 16.2. The maximum Gasteiger partial charge on any atom is 0.307 e. The van der Waals surface area contributed by atoms with E-state index in [1.165, 1.54) is 0 Å². The molecule has 0 aromatic rings. The Morgan fingerprint density at radius 3 is 1.79 bits per heavy atom. The zero-order chi connectivity index (χ0) is 19.5. The Morgan fingerprint density at radius 1 is 1.04 bits per heavy atom. The summed E-state index contributed by atoms with van der Waals surface area (Å²) in [5, 5.41) is 29.1. The molecule has 136 valence electrons. The lowest BCUT2D eigenvalue weighted by atomic mass is 9.57. The van der Waals surface area contributed by atoms with Crippen LogP contribution < -0.4 is 0 Å². The van der Waals surface area contributed by atoms with E-state index in [4.69, 9.17) is 5.11 Å². The number of hydrogen-bond donors (Lipinski definition) is 3. The van der Waals surface area contributed by atoms with Gasteiger partial charge in [-0.25, -0.2) is 0 Å². The van der Waals surface area contributed by atoms with Gasteiger partial charge in [0.05, 0.1) is 17.9 Å². The van der Waals surface area contributed by atoms with Gasteiger partial charge in [-0.05, 0) is 33.9 Å². The lowest BCUT2D eigenvalue weighted by Gasteiger charge is -2.41. The number of carboxylic acid groups (broad SMARTS) is 2. The fourth-order valence-corrected chi connectivity index (χ4v) is 2.78. The SMILES string of the molecule is B/C(=C(/B)C(C)(C)C(C)(C)O)C(CN(C)C)C(CC(=O)O)C(=O)O. The Bertz CT molecular complexity index is 509. The lowest BCUT2D eigenvalue weighted by Crippen LogP contribution is -2.43. The third kappa shape index (κ3) is 5.67. The molecule has 6 nitrogen and oxygen atoms in total. The Hall–Kier alpha value is -1.27. The molecule has 0 bridgehead atoms. The van der Waals surface area contributed by atoms with Crippen LogP contribution in [-0.4, -0.2) is 74.1 Å². The molecule has 2 atom stereocenters.